The molecule has 0 bridgehead atoms. The Morgan fingerprint density at radius 2 is 1.73 bits per heavy atom. The van der Waals surface area contributed by atoms with Gasteiger partial charge in [0.1, 0.15) is 5.82 Å². The molecular formula is C18H19FN2O3S2. The smallest absolute Gasteiger partial charge is 0.296 e. The van der Waals surface area contributed by atoms with Crippen molar-refractivity contribution in [2.24, 2.45) is 0 Å². The van der Waals surface area contributed by atoms with E-state index in [1.807, 2.05) is 13.8 Å². The predicted octanol–water partition coefficient (Wildman–Crippen LogP) is 3.82. The highest BCUT2D eigenvalue weighted by molar-refractivity contribution is 7.89. The van der Waals surface area contributed by atoms with Gasteiger partial charge in [0.25, 0.3) is 0 Å². The third-order valence-electron chi connectivity index (χ3n) is 4.11. The van der Waals surface area contributed by atoms with Crippen LogP contribution in [0.4, 0.5) is 4.39 Å². The summed E-state index contributed by atoms with van der Waals surface area (Å²) in [6, 6.07) is 9.81. The predicted molar refractivity (Wildman–Crippen MR) is 102 cm³/mol. The van der Waals surface area contributed by atoms with Gasteiger partial charge in [-0.2, -0.15) is 0 Å². The van der Waals surface area contributed by atoms with Gasteiger partial charge in [-0.1, -0.05) is 23.5 Å². The molecule has 8 heteroatoms. The first-order valence-electron chi connectivity index (χ1n) is 8.12. The Morgan fingerprint density at radius 1 is 1.08 bits per heavy atom. The van der Waals surface area contributed by atoms with Gasteiger partial charge in [0, 0.05) is 12.1 Å². The van der Waals surface area contributed by atoms with Crippen LogP contribution in [0.2, 0.25) is 0 Å². The van der Waals surface area contributed by atoms with Gasteiger partial charge < -0.3 is 0 Å². The number of fused-ring (bicyclic) bond motifs is 1. The maximum Gasteiger partial charge on any atom is 0.308 e. The minimum Gasteiger partial charge on any atom is -0.296 e. The van der Waals surface area contributed by atoms with Gasteiger partial charge in [-0.3, -0.25) is 9.36 Å². The molecule has 3 aromatic rings. The van der Waals surface area contributed by atoms with E-state index in [-0.39, 0.29) is 21.6 Å². The van der Waals surface area contributed by atoms with Crippen LogP contribution in [0, 0.1) is 5.82 Å². The molecule has 26 heavy (non-hydrogen) atoms. The molecule has 138 valence electrons. The van der Waals surface area contributed by atoms with E-state index in [4.69, 9.17) is 0 Å². The van der Waals surface area contributed by atoms with E-state index < -0.39 is 16.1 Å². The molecule has 0 fully saturated rings. The molecule has 0 saturated heterocycles. The molecule has 0 radical (unpaired) electrons. The van der Waals surface area contributed by atoms with Crippen molar-refractivity contribution < 1.29 is 12.8 Å². The van der Waals surface area contributed by atoms with Crippen LogP contribution in [-0.4, -0.2) is 13.0 Å². The highest BCUT2D eigenvalue weighted by atomic mass is 32.2. The number of hydrogen-bond acceptors (Lipinski definition) is 4. The van der Waals surface area contributed by atoms with Crippen molar-refractivity contribution in [2.45, 2.75) is 37.8 Å². The van der Waals surface area contributed by atoms with E-state index in [1.165, 1.54) is 24.3 Å². The normalized spacial score (nSPS) is 13.4. The molecular weight excluding hydrogens is 375 g/mol. The lowest BCUT2D eigenvalue weighted by atomic mass is 10.1. The Hall–Kier alpha value is -2.03. The molecule has 5 nitrogen and oxygen atoms in total. The Balaban J connectivity index is 1.94. The lowest BCUT2D eigenvalue weighted by Gasteiger charge is -2.15. The topological polar surface area (TPSA) is 68.2 Å². The van der Waals surface area contributed by atoms with Crippen LogP contribution in [0.25, 0.3) is 10.2 Å². The summed E-state index contributed by atoms with van der Waals surface area (Å²) >= 11 is 1.03. The minimum atomic E-state index is -3.78. The van der Waals surface area contributed by atoms with E-state index in [0.29, 0.717) is 10.3 Å². The van der Waals surface area contributed by atoms with Crippen molar-refractivity contribution in [3.63, 3.8) is 0 Å². The molecule has 1 atom stereocenters. The van der Waals surface area contributed by atoms with Crippen molar-refractivity contribution in [2.75, 3.05) is 0 Å². The Labute approximate surface area is 155 Å². The molecule has 3 rings (SSSR count). The van der Waals surface area contributed by atoms with E-state index in [9.17, 15) is 17.6 Å². The van der Waals surface area contributed by atoms with Crippen LogP contribution in [0.15, 0.2) is 52.2 Å². The van der Waals surface area contributed by atoms with E-state index in [1.54, 1.807) is 29.7 Å². The molecule has 1 N–H and O–H groups in total. The number of sulfonamides is 1. The second kappa shape index (κ2) is 6.94. The lowest BCUT2D eigenvalue weighted by Crippen LogP contribution is -2.26. The van der Waals surface area contributed by atoms with Gasteiger partial charge >= 0.3 is 4.87 Å². The summed E-state index contributed by atoms with van der Waals surface area (Å²) in [5.41, 5.74) is 1.38. The first-order chi connectivity index (χ1) is 12.2. The summed E-state index contributed by atoms with van der Waals surface area (Å²) in [6.07, 6.45) is 0. The van der Waals surface area contributed by atoms with Crippen LogP contribution in [0.5, 0.6) is 0 Å². The van der Waals surface area contributed by atoms with Crippen LogP contribution in [-0.2, 0) is 10.0 Å². The molecule has 0 aliphatic carbocycles. The number of nitrogens with one attached hydrogen (secondary N) is 1. The molecule has 0 aliphatic heterocycles. The zero-order chi connectivity index (χ0) is 19.1. The first kappa shape index (κ1) is 18.8. The van der Waals surface area contributed by atoms with Gasteiger partial charge in [0.2, 0.25) is 10.0 Å². The third-order valence-corrected chi connectivity index (χ3v) is 6.57. The molecule has 0 unspecified atom stereocenters. The maximum atomic E-state index is 13.0. The molecule has 0 aliphatic rings. The van der Waals surface area contributed by atoms with E-state index in [0.717, 1.165) is 16.9 Å². The van der Waals surface area contributed by atoms with Gasteiger partial charge in [0.15, 0.2) is 0 Å². The number of hydrogen-bond donors (Lipinski definition) is 1. The molecule has 2 aromatic carbocycles. The number of aromatic nitrogens is 1. The monoisotopic (exact) mass is 394 g/mol. The number of thiazole rings is 1. The zero-order valence-corrected chi connectivity index (χ0v) is 16.2. The number of rotatable bonds is 5. The van der Waals surface area contributed by atoms with Gasteiger partial charge in [-0.15, -0.1) is 0 Å². The maximum absolute atomic E-state index is 13.0. The van der Waals surface area contributed by atoms with E-state index >= 15 is 0 Å². The van der Waals surface area contributed by atoms with Gasteiger partial charge in [-0.05, 0) is 56.7 Å². The highest BCUT2D eigenvalue weighted by Crippen LogP contribution is 2.25. The summed E-state index contributed by atoms with van der Waals surface area (Å²) in [6.45, 7) is 5.51. The molecule has 0 saturated carbocycles. The van der Waals surface area contributed by atoms with Crippen LogP contribution in [0.3, 0.4) is 0 Å². The fraction of sp³-hybridized carbons (Fsp3) is 0.278. The molecule has 0 spiro atoms. The highest BCUT2D eigenvalue weighted by Gasteiger charge is 2.20. The molecule has 1 aromatic heterocycles. The second-order valence-corrected chi connectivity index (χ2v) is 9.06. The standard InChI is InChI=1S/C18H19FN2O3S2/c1-11(2)21-16-9-8-15(10-17(16)25-18(21)22)26(23,24)20-12(3)13-4-6-14(19)7-5-13/h4-12,20H,1-3H3/t12-/m1/s1. The average Bonchev–Trinajstić information content (AvgIpc) is 2.89. The summed E-state index contributed by atoms with van der Waals surface area (Å²) in [7, 11) is -3.78. The van der Waals surface area contributed by atoms with Crippen molar-refractivity contribution >= 4 is 31.6 Å². The van der Waals surface area contributed by atoms with Crippen molar-refractivity contribution in [1.82, 2.24) is 9.29 Å². The number of halogens is 1. The SMILES string of the molecule is CC(C)n1c(=O)sc2cc(S(=O)(=O)N[C@H](C)c3ccc(F)cc3)ccc21. The fourth-order valence-corrected chi connectivity index (χ4v) is 5.18. The summed E-state index contributed by atoms with van der Waals surface area (Å²) in [5, 5.41) is 0. The van der Waals surface area contributed by atoms with Gasteiger partial charge in [0.05, 0.1) is 15.1 Å². The Kier molecular flexibility index (Phi) is 5.01. The zero-order valence-electron chi connectivity index (χ0n) is 14.6. The average molecular weight is 394 g/mol. The second-order valence-electron chi connectivity index (χ2n) is 6.36. The third kappa shape index (κ3) is 3.58. The van der Waals surface area contributed by atoms with Crippen molar-refractivity contribution in [3.05, 3.63) is 63.5 Å². The first-order valence-corrected chi connectivity index (χ1v) is 10.4. The summed E-state index contributed by atoms with van der Waals surface area (Å²) in [5.74, 6) is -0.376. The minimum absolute atomic E-state index is 0.00432. The largest absolute Gasteiger partial charge is 0.308 e. The van der Waals surface area contributed by atoms with E-state index in [2.05, 4.69) is 4.72 Å². The lowest BCUT2D eigenvalue weighted by molar-refractivity contribution is 0.566. The van der Waals surface area contributed by atoms with Crippen molar-refractivity contribution in [3.8, 4) is 0 Å². The Bertz CT molecular complexity index is 1100. The molecule has 1 heterocycles. The van der Waals surface area contributed by atoms with Crippen LogP contribution in [0.1, 0.15) is 38.4 Å². The van der Waals surface area contributed by atoms with Crippen LogP contribution >= 0.6 is 11.3 Å². The number of nitrogens with zero attached hydrogens (tertiary/aromatic N) is 1. The van der Waals surface area contributed by atoms with Crippen LogP contribution < -0.4 is 9.60 Å². The Morgan fingerprint density at radius 3 is 2.35 bits per heavy atom. The quantitative estimate of drug-likeness (QED) is 0.715. The van der Waals surface area contributed by atoms with Gasteiger partial charge in [-0.25, -0.2) is 17.5 Å². The molecule has 0 amide bonds. The fourth-order valence-electron chi connectivity index (χ4n) is 2.79. The summed E-state index contributed by atoms with van der Waals surface area (Å²) < 4.78 is 43.3. The summed E-state index contributed by atoms with van der Waals surface area (Å²) in [4.78, 5) is 12.1. The van der Waals surface area contributed by atoms with Crippen molar-refractivity contribution in [1.29, 1.82) is 0 Å². The number of benzene rings is 2.